The van der Waals surface area contributed by atoms with E-state index in [0.717, 1.165) is 5.92 Å². The van der Waals surface area contributed by atoms with Gasteiger partial charge in [0, 0.05) is 11.3 Å². The van der Waals surface area contributed by atoms with Crippen molar-refractivity contribution in [2.45, 2.75) is 83.0 Å². The van der Waals surface area contributed by atoms with Gasteiger partial charge in [0.25, 0.3) is 0 Å². The molecule has 3 aliphatic rings. The van der Waals surface area contributed by atoms with Gasteiger partial charge in [0.1, 0.15) is 0 Å². The van der Waals surface area contributed by atoms with E-state index in [1.807, 2.05) is 0 Å². The van der Waals surface area contributed by atoms with Gasteiger partial charge in [-0.1, -0.05) is 57.1 Å². The molecule has 1 aliphatic heterocycles. The van der Waals surface area contributed by atoms with Crippen LogP contribution in [-0.2, 0) is 0 Å². The highest BCUT2D eigenvalue weighted by Gasteiger charge is 2.30. The summed E-state index contributed by atoms with van der Waals surface area (Å²) < 4.78 is 0. The lowest BCUT2D eigenvalue weighted by Gasteiger charge is -2.22. The summed E-state index contributed by atoms with van der Waals surface area (Å²) in [7, 11) is 0. The minimum atomic E-state index is 0.774. The van der Waals surface area contributed by atoms with Gasteiger partial charge in [-0.05, 0) is 55.2 Å². The molecule has 0 aromatic heterocycles. The zero-order chi connectivity index (χ0) is 14.8. The normalized spacial score (nSPS) is 23.1. The number of fused-ring (bicyclic) bond motifs is 2. The van der Waals surface area contributed by atoms with Crippen molar-refractivity contribution in [2.24, 2.45) is 0 Å². The van der Waals surface area contributed by atoms with Crippen LogP contribution in [0, 0.1) is 0 Å². The maximum absolute atomic E-state index is 4.92. The molecule has 1 fully saturated rings. The Hall–Kier alpha value is -1.24. The van der Waals surface area contributed by atoms with Gasteiger partial charge in [-0.2, -0.15) is 0 Å². The number of benzene rings is 1. The van der Waals surface area contributed by atoms with Crippen LogP contribution in [0.4, 0.5) is 5.69 Å². The third-order valence-electron chi connectivity index (χ3n) is 5.87. The molecule has 1 radical (unpaired) electrons. The van der Waals surface area contributed by atoms with Crippen molar-refractivity contribution in [3.05, 3.63) is 35.0 Å². The molecule has 1 nitrogen and oxygen atoms in total. The highest BCUT2D eigenvalue weighted by atomic mass is 14.9. The third-order valence-corrected chi connectivity index (χ3v) is 5.87. The molecule has 2 aliphatic carbocycles. The lowest BCUT2D eigenvalue weighted by molar-refractivity contribution is 0.462. The van der Waals surface area contributed by atoms with Crippen molar-refractivity contribution < 1.29 is 0 Å². The number of hydrogen-bond donors (Lipinski definition) is 0. The van der Waals surface area contributed by atoms with E-state index < -0.39 is 0 Å². The zero-order valence-electron chi connectivity index (χ0n) is 13.7. The van der Waals surface area contributed by atoms with E-state index in [2.05, 4.69) is 18.2 Å². The minimum Gasteiger partial charge on any atom is -0.253 e. The van der Waals surface area contributed by atoms with Crippen LogP contribution in [0.15, 0.2) is 23.9 Å². The van der Waals surface area contributed by atoms with Gasteiger partial charge in [-0.15, -0.1) is 0 Å². The summed E-state index contributed by atoms with van der Waals surface area (Å²) in [6.07, 6.45) is 16.6. The van der Waals surface area contributed by atoms with Crippen molar-refractivity contribution in [1.29, 1.82) is 0 Å². The fraction of sp³-hybridized carbons (Fsp3) is 0.619. The Morgan fingerprint density at radius 3 is 2.27 bits per heavy atom. The molecule has 1 aromatic carbocycles. The van der Waals surface area contributed by atoms with Crippen LogP contribution in [0.5, 0.6) is 0 Å². The first-order chi connectivity index (χ1) is 10.9. The maximum atomic E-state index is 4.92. The Morgan fingerprint density at radius 2 is 1.50 bits per heavy atom. The lowest BCUT2D eigenvalue weighted by atomic mass is 9.83. The molecule has 22 heavy (non-hydrogen) atoms. The fourth-order valence-corrected chi connectivity index (χ4v) is 4.71. The number of hydrogen-bond acceptors (Lipinski definition) is 0. The summed E-state index contributed by atoms with van der Waals surface area (Å²) in [5, 5.41) is 4.92. The van der Waals surface area contributed by atoms with Crippen molar-refractivity contribution in [3.8, 4) is 0 Å². The average molecular weight is 294 g/mol. The van der Waals surface area contributed by atoms with Crippen LogP contribution in [-0.4, -0.2) is 0 Å². The highest BCUT2D eigenvalue weighted by molar-refractivity contribution is 5.85. The van der Waals surface area contributed by atoms with Gasteiger partial charge >= 0.3 is 0 Å². The van der Waals surface area contributed by atoms with Crippen LogP contribution in [0.25, 0.3) is 5.57 Å². The van der Waals surface area contributed by atoms with Crippen molar-refractivity contribution >= 4 is 11.3 Å². The Morgan fingerprint density at radius 1 is 0.773 bits per heavy atom. The first kappa shape index (κ1) is 14.4. The molecule has 0 amide bonds. The van der Waals surface area contributed by atoms with E-state index in [0.29, 0.717) is 0 Å². The fourth-order valence-electron chi connectivity index (χ4n) is 4.71. The molecule has 1 aromatic rings. The van der Waals surface area contributed by atoms with E-state index in [-0.39, 0.29) is 0 Å². The van der Waals surface area contributed by atoms with Gasteiger partial charge < -0.3 is 0 Å². The smallest absolute Gasteiger partial charge is 0.0711 e. The topological polar surface area (TPSA) is 14.1 Å². The molecule has 117 valence electrons. The molecule has 0 N–H and O–H groups in total. The number of allylic oxidation sites excluding steroid dienone is 2. The predicted octanol–water partition coefficient (Wildman–Crippen LogP) is 6.44. The summed E-state index contributed by atoms with van der Waals surface area (Å²) in [6.45, 7) is 0. The minimum absolute atomic E-state index is 0.774. The molecule has 0 bridgehead atoms. The average Bonchev–Trinajstić information content (AvgIpc) is 3.13. The second-order valence-electron chi connectivity index (χ2n) is 7.38. The molecule has 1 saturated carbocycles. The second kappa shape index (κ2) is 6.48. The van der Waals surface area contributed by atoms with Gasteiger partial charge in [0.2, 0.25) is 0 Å². The highest BCUT2D eigenvalue weighted by Crippen LogP contribution is 2.48. The largest absolute Gasteiger partial charge is 0.253 e. The third kappa shape index (κ3) is 2.71. The van der Waals surface area contributed by atoms with Crippen LogP contribution in [0.3, 0.4) is 0 Å². The second-order valence-corrected chi connectivity index (χ2v) is 7.38. The van der Waals surface area contributed by atoms with Crippen LogP contribution >= 0.6 is 0 Å². The maximum Gasteiger partial charge on any atom is 0.0711 e. The molecule has 4 rings (SSSR count). The van der Waals surface area contributed by atoms with E-state index >= 15 is 0 Å². The molecule has 0 saturated heterocycles. The SMILES string of the molecule is c1cc2c(c(C3CCCCCCCCC3)c1)C1=C(CCC1)[N]2. The van der Waals surface area contributed by atoms with E-state index in [1.165, 1.54) is 88.4 Å². The summed E-state index contributed by atoms with van der Waals surface area (Å²) >= 11 is 0. The van der Waals surface area contributed by atoms with E-state index in [9.17, 15) is 0 Å². The molecule has 1 heterocycles. The van der Waals surface area contributed by atoms with Crippen molar-refractivity contribution in [3.63, 3.8) is 0 Å². The predicted molar refractivity (Wildman–Crippen MR) is 93.3 cm³/mol. The molecule has 0 spiro atoms. The quantitative estimate of drug-likeness (QED) is 0.566. The zero-order valence-corrected chi connectivity index (χ0v) is 13.7. The number of nitrogens with zero attached hydrogens (tertiary/aromatic N) is 1. The van der Waals surface area contributed by atoms with Gasteiger partial charge in [-0.25, -0.2) is 0 Å². The van der Waals surface area contributed by atoms with Crippen molar-refractivity contribution in [2.75, 3.05) is 0 Å². The Kier molecular flexibility index (Phi) is 4.23. The molecule has 0 unspecified atom stereocenters. The summed E-state index contributed by atoms with van der Waals surface area (Å²) in [5.41, 5.74) is 7.47. The van der Waals surface area contributed by atoms with Crippen LogP contribution < -0.4 is 5.32 Å². The molecular weight excluding hydrogens is 266 g/mol. The Balaban J connectivity index is 1.62. The first-order valence-electron chi connectivity index (χ1n) is 9.50. The van der Waals surface area contributed by atoms with Crippen molar-refractivity contribution in [1.82, 2.24) is 5.32 Å². The van der Waals surface area contributed by atoms with Crippen LogP contribution in [0.1, 0.15) is 94.1 Å². The van der Waals surface area contributed by atoms with Gasteiger partial charge in [-0.3, -0.25) is 5.32 Å². The molecule has 0 atom stereocenters. The van der Waals surface area contributed by atoms with Gasteiger partial charge in [0.05, 0.1) is 5.69 Å². The summed E-state index contributed by atoms with van der Waals surface area (Å²) in [6, 6.07) is 6.90. The van der Waals surface area contributed by atoms with E-state index in [1.54, 1.807) is 16.7 Å². The standard InChI is InChI=1S/C21H28N/c1-2-4-6-10-16(11-7-5-3-1)17-12-8-15-20-21(17)18-13-9-14-19(18)22-20/h8,12,15-16H,1-7,9-11,13-14H2. The Labute approximate surface area is 135 Å². The van der Waals surface area contributed by atoms with Gasteiger partial charge in [0.15, 0.2) is 0 Å². The van der Waals surface area contributed by atoms with Crippen LogP contribution in [0.2, 0.25) is 0 Å². The first-order valence-corrected chi connectivity index (χ1v) is 9.50. The Bertz CT molecular complexity index is 559. The number of rotatable bonds is 1. The van der Waals surface area contributed by atoms with E-state index in [4.69, 9.17) is 5.32 Å². The monoisotopic (exact) mass is 294 g/mol. The summed E-state index contributed by atoms with van der Waals surface area (Å²) in [5.74, 6) is 0.774. The lowest BCUT2D eigenvalue weighted by Crippen LogP contribution is -2.04. The molecular formula is C21H28N. The summed E-state index contributed by atoms with van der Waals surface area (Å²) in [4.78, 5) is 0. The molecule has 1 heteroatoms.